The molecule has 5 nitrogen and oxygen atoms in total. The maximum Gasteiger partial charge on any atom is 0.204 e. The Morgan fingerprint density at radius 1 is 0.438 bits per heavy atom. The van der Waals surface area contributed by atoms with Gasteiger partial charge in [0, 0.05) is 38.4 Å². The molecule has 9 aromatic rings. The average Bonchev–Trinajstić information content (AvgIpc) is 3.69. The van der Waals surface area contributed by atoms with E-state index in [2.05, 4.69) is 142 Å². The van der Waals surface area contributed by atoms with E-state index < -0.39 is 6.29 Å². The van der Waals surface area contributed by atoms with Gasteiger partial charge in [0.2, 0.25) is 6.29 Å². The van der Waals surface area contributed by atoms with Crippen molar-refractivity contribution in [2.45, 2.75) is 6.29 Å². The summed E-state index contributed by atoms with van der Waals surface area (Å²) < 4.78 is 4.72. The number of para-hydroxylation sites is 3. The number of hydrogen-bond acceptors (Lipinski definition) is 3. The van der Waals surface area contributed by atoms with Crippen LogP contribution in [-0.4, -0.2) is 20.8 Å². The zero-order valence-electron chi connectivity index (χ0n) is 26.0. The van der Waals surface area contributed by atoms with Crippen molar-refractivity contribution in [2.24, 2.45) is 9.98 Å². The Labute approximate surface area is 276 Å². The van der Waals surface area contributed by atoms with Gasteiger partial charge in [0.25, 0.3) is 0 Å². The van der Waals surface area contributed by atoms with E-state index in [1.807, 2.05) is 36.4 Å². The fourth-order valence-corrected chi connectivity index (χ4v) is 7.52. The number of hydrogen-bond donors (Lipinski definition) is 1. The van der Waals surface area contributed by atoms with E-state index in [4.69, 9.17) is 9.98 Å². The van der Waals surface area contributed by atoms with E-state index in [9.17, 15) is 0 Å². The van der Waals surface area contributed by atoms with Crippen molar-refractivity contribution >= 4 is 66.1 Å². The van der Waals surface area contributed by atoms with Gasteiger partial charge in [-0.3, -0.25) is 0 Å². The highest BCUT2D eigenvalue weighted by Crippen LogP contribution is 2.42. The van der Waals surface area contributed by atoms with Crippen molar-refractivity contribution in [3.63, 3.8) is 0 Å². The maximum absolute atomic E-state index is 5.26. The summed E-state index contributed by atoms with van der Waals surface area (Å²) in [5.41, 5.74) is 7.82. The maximum atomic E-state index is 5.26. The second-order valence-electron chi connectivity index (χ2n) is 12.3. The molecule has 1 aliphatic heterocycles. The summed E-state index contributed by atoms with van der Waals surface area (Å²) in [5.74, 6) is 1.51. The van der Waals surface area contributed by atoms with Crippen molar-refractivity contribution in [3.05, 3.63) is 175 Å². The van der Waals surface area contributed by atoms with Gasteiger partial charge in [0.15, 0.2) is 5.84 Å². The Hall–Kier alpha value is -6.46. The highest BCUT2D eigenvalue weighted by molar-refractivity contribution is 6.29. The van der Waals surface area contributed by atoms with Gasteiger partial charge in [-0.25, -0.2) is 9.98 Å². The summed E-state index contributed by atoms with van der Waals surface area (Å²) in [6, 6.07) is 57.8. The minimum Gasteiger partial charge on any atom is -0.331 e. The van der Waals surface area contributed by atoms with Gasteiger partial charge in [0.05, 0.1) is 22.1 Å². The van der Waals surface area contributed by atoms with Crippen LogP contribution in [0.15, 0.2) is 174 Å². The van der Waals surface area contributed by atoms with Gasteiger partial charge in [-0.2, -0.15) is 0 Å². The van der Waals surface area contributed by atoms with E-state index in [1.54, 1.807) is 0 Å². The monoisotopic (exact) mass is 615 g/mol. The molecule has 7 aromatic carbocycles. The van der Waals surface area contributed by atoms with Crippen molar-refractivity contribution in [2.75, 3.05) is 0 Å². The van der Waals surface area contributed by atoms with Crippen LogP contribution >= 0.6 is 0 Å². The van der Waals surface area contributed by atoms with Crippen LogP contribution in [0.3, 0.4) is 0 Å². The molecule has 48 heavy (non-hydrogen) atoms. The Morgan fingerprint density at radius 2 is 0.979 bits per heavy atom. The second-order valence-corrected chi connectivity index (χ2v) is 12.3. The molecule has 3 heterocycles. The lowest BCUT2D eigenvalue weighted by molar-refractivity contribution is 0.516. The first-order valence-corrected chi connectivity index (χ1v) is 16.3. The molecule has 1 unspecified atom stereocenters. The summed E-state index contributed by atoms with van der Waals surface area (Å²) in [7, 11) is 0. The molecule has 1 atom stereocenters. The smallest absolute Gasteiger partial charge is 0.204 e. The third kappa shape index (κ3) is 3.98. The fourth-order valence-electron chi connectivity index (χ4n) is 7.52. The van der Waals surface area contributed by atoms with Crippen LogP contribution in [0.1, 0.15) is 17.4 Å². The Balaban J connectivity index is 1.25. The number of amidine groups is 2. The molecule has 5 heteroatoms. The van der Waals surface area contributed by atoms with Crippen LogP contribution in [0.2, 0.25) is 0 Å². The number of nitrogens with zero attached hydrogens (tertiary/aromatic N) is 4. The number of aliphatic imine (C=N–C) groups is 2. The van der Waals surface area contributed by atoms with Crippen molar-refractivity contribution < 1.29 is 0 Å². The number of benzene rings is 7. The van der Waals surface area contributed by atoms with E-state index in [1.165, 1.54) is 43.4 Å². The molecule has 0 aliphatic carbocycles. The van der Waals surface area contributed by atoms with Crippen LogP contribution in [0.5, 0.6) is 0 Å². The van der Waals surface area contributed by atoms with E-state index >= 15 is 0 Å². The standard InChI is InChI=1S/C43H29N5/c1-4-14-28(15-5-1)41-44-42(29-16-6-2-7-17-29)46-43(45-41)48-36-23-13-11-21-34(36)40-32-24-26-37-39(31(32)25-27-38(40)48)33-20-10-12-22-35(33)47(37)30-18-8-3-9-19-30/h1-27,43H,(H,44,45,46). The molecular weight excluding hydrogens is 587 g/mol. The predicted molar refractivity (Wildman–Crippen MR) is 199 cm³/mol. The Bertz CT molecular complexity index is 2740. The molecule has 0 radical (unpaired) electrons. The van der Waals surface area contributed by atoms with Crippen molar-refractivity contribution in [1.29, 1.82) is 0 Å². The van der Waals surface area contributed by atoms with Gasteiger partial charge in [-0.05, 0) is 47.2 Å². The molecule has 0 spiro atoms. The molecule has 0 fully saturated rings. The summed E-state index contributed by atoms with van der Waals surface area (Å²) in [4.78, 5) is 10.3. The molecule has 0 saturated heterocycles. The Morgan fingerprint density at radius 3 is 1.69 bits per heavy atom. The van der Waals surface area contributed by atoms with Gasteiger partial charge in [-0.1, -0.05) is 127 Å². The zero-order valence-corrected chi connectivity index (χ0v) is 26.0. The van der Waals surface area contributed by atoms with Crippen LogP contribution in [0, 0.1) is 0 Å². The largest absolute Gasteiger partial charge is 0.331 e. The zero-order chi connectivity index (χ0) is 31.6. The molecule has 1 aliphatic rings. The minimum atomic E-state index is -0.406. The topological polar surface area (TPSA) is 46.6 Å². The molecule has 2 aromatic heterocycles. The molecular formula is C43H29N5. The van der Waals surface area contributed by atoms with Gasteiger partial charge >= 0.3 is 0 Å². The molecule has 1 N–H and O–H groups in total. The van der Waals surface area contributed by atoms with Gasteiger partial charge in [0.1, 0.15) is 5.84 Å². The predicted octanol–water partition coefficient (Wildman–Crippen LogP) is 10.00. The summed E-state index contributed by atoms with van der Waals surface area (Å²) in [6.07, 6.45) is -0.406. The first-order valence-electron chi connectivity index (χ1n) is 16.3. The SMILES string of the molecule is c1ccc(C2=NC(n3c4ccccc4c4c5ccc6c(c5ccc43)c3ccccc3n6-c3ccccc3)NC(c3ccccc3)=N2)cc1. The fraction of sp³-hybridized carbons (Fsp3) is 0.0233. The first kappa shape index (κ1) is 26.7. The molecule has 0 saturated carbocycles. The van der Waals surface area contributed by atoms with Crippen LogP contribution in [0.25, 0.3) is 60.1 Å². The van der Waals surface area contributed by atoms with Crippen LogP contribution in [-0.2, 0) is 0 Å². The van der Waals surface area contributed by atoms with Crippen molar-refractivity contribution in [1.82, 2.24) is 14.5 Å². The minimum absolute atomic E-state index is 0.406. The highest BCUT2D eigenvalue weighted by Gasteiger charge is 2.25. The summed E-state index contributed by atoms with van der Waals surface area (Å²) in [5, 5.41) is 11.1. The second kappa shape index (κ2) is 10.5. The quantitative estimate of drug-likeness (QED) is 0.210. The lowest BCUT2D eigenvalue weighted by atomic mass is 9.99. The van der Waals surface area contributed by atoms with Gasteiger partial charge < -0.3 is 14.5 Å². The molecule has 226 valence electrons. The normalized spacial score (nSPS) is 14.9. The number of fused-ring (bicyclic) bond motifs is 9. The number of aromatic nitrogens is 2. The summed E-state index contributed by atoms with van der Waals surface area (Å²) in [6.45, 7) is 0. The van der Waals surface area contributed by atoms with Crippen molar-refractivity contribution in [3.8, 4) is 5.69 Å². The summed E-state index contributed by atoms with van der Waals surface area (Å²) >= 11 is 0. The average molecular weight is 616 g/mol. The number of nitrogens with one attached hydrogen (secondary N) is 1. The third-order valence-electron chi connectivity index (χ3n) is 9.57. The van der Waals surface area contributed by atoms with E-state index in [0.29, 0.717) is 5.84 Å². The molecule has 0 amide bonds. The van der Waals surface area contributed by atoms with Crippen LogP contribution < -0.4 is 5.32 Å². The van der Waals surface area contributed by atoms with Crippen LogP contribution in [0.4, 0.5) is 0 Å². The molecule has 10 rings (SSSR count). The van der Waals surface area contributed by atoms with E-state index in [0.717, 1.165) is 33.7 Å². The van der Waals surface area contributed by atoms with E-state index in [-0.39, 0.29) is 0 Å². The Kier molecular flexibility index (Phi) is 5.87. The highest BCUT2D eigenvalue weighted by atomic mass is 15.3. The molecule has 0 bridgehead atoms. The third-order valence-corrected chi connectivity index (χ3v) is 9.57. The lowest BCUT2D eigenvalue weighted by Gasteiger charge is -2.25. The first-order chi connectivity index (χ1) is 23.8. The lowest BCUT2D eigenvalue weighted by Crippen LogP contribution is -2.36. The van der Waals surface area contributed by atoms with Gasteiger partial charge in [-0.15, -0.1) is 0 Å². The number of rotatable bonds is 4.